The van der Waals surface area contributed by atoms with E-state index in [-0.39, 0.29) is 18.2 Å². The number of phenols is 1. The van der Waals surface area contributed by atoms with Gasteiger partial charge in [-0.1, -0.05) is 22.9 Å². The number of rotatable bonds is 3. The monoisotopic (exact) mass is 451 g/mol. The molecule has 0 bridgehead atoms. The molecule has 1 aromatic carbocycles. The Morgan fingerprint density at radius 1 is 1.29 bits per heavy atom. The first-order valence-electron chi connectivity index (χ1n) is 4.70. The summed E-state index contributed by atoms with van der Waals surface area (Å²) < 4.78 is 1.80. The van der Waals surface area contributed by atoms with Crippen LogP contribution >= 0.6 is 60.2 Å². The van der Waals surface area contributed by atoms with Gasteiger partial charge in [0.05, 0.1) is 21.1 Å². The topological polar surface area (TPSA) is 66.5 Å². The van der Waals surface area contributed by atoms with Gasteiger partial charge in [0.2, 0.25) is 0 Å². The van der Waals surface area contributed by atoms with Gasteiger partial charge in [0.1, 0.15) is 5.75 Å². The number of hydrogen-bond acceptors (Lipinski definition) is 3. The Morgan fingerprint density at radius 3 is 2.29 bits per heavy atom. The molecule has 17 heavy (non-hydrogen) atoms. The van der Waals surface area contributed by atoms with Crippen molar-refractivity contribution in [2.45, 2.75) is 25.5 Å². The van der Waals surface area contributed by atoms with Gasteiger partial charge in [0, 0.05) is 10.0 Å². The van der Waals surface area contributed by atoms with E-state index in [9.17, 15) is 10.2 Å². The lowest BCUT2D eigenvalue weighted by Gasteiger charge is -2.21. The fourth-order valence-corrected chi connectivity index (χ4v) is 4.00. The minimum Gasteiger partial charge on any atom is -0.506 e. The van der Waals surface area contributed by atoms with Crippen molar-refractivity contribution >= 4 is 60.2 Å². The zero-order valence-electron chi connectivity index (χ0n) is 8.95. The lowest BCUT2D eigenvalue weighted by molar-refractivity contribution is 0.140. The zero-order valence-corrected chi connectivity index (χ0v) is 14.5. The predicted molar refractivity (Wildman–Crippen MR) is 81.7 cm³/mol. The number of halogens is 4. The molecule has 1 rings (SSSR count). The van der Waals surface area contributed by atoms with Crippen molar-refractivity contribution in [2.75, 3.05) is 0 Å². The smallest absolute Gasteiger partial charge is 0.144 e. The lowest BCUT2D eigenvalue weighted by Crippen LogP contribution is -2.26. The number of hydrogen-bond donors (Lipinski definition) is 3. The van der Waals surface area contributed by atoms with Crippen molar-refractivity contribution in [1.82, 2.24) is 0 Å². The maximum absolute atomic E-state index is 9.76. The van der Waals surface area contributed by atoms with Crippen molar-refractivity contribution in [2.24, 2.45) is 5.73 Å². The highest BCUT2D eigenvalue weighted by molar-refractivity contribution is 9.11. The maximum Gasteiger partial charge on any atom is 0.144 e. The van der Waals surface area contributed by atoms with E-state index >= 15 is 0 Å². The number of aromatic hydroxyl groups is 1. The number of benzene rings is 1. The molecule has 4 N–H and O–H groups in total. The molecule has 3 nitrogen and oxygen atoms in total. The molecule has 0 aromatic heterocycles. The second-order valence-electron chi connectivity index (χ2n) is 3.42. The summed E-state index contributed by atoms with van der Waals surface area (Å²) in [4.78, 5) is 0. The van der Waals surface area contributed by atoms with Gasteiger partial charge < -0.3 is 15.9 Å². The van der Waals surface area contributed by atoms with E-state index in [0.717, 1.165) is 4.47 Å². The summed E-state index contributed by atoms with van der Waals surface area (Å²) in [5.74, 6) is 0.0805. The third kappa shape index (κ3) is 3.81. The average Bonchev–Trinajstić information content (AvgIpc) is 2.24. The predicted octanol–water partition coefficient (Wildman–Crippen LogP) is 3.87. The van der Waals surface area contributed by atoms with Crippen molar-refractivity contribution in [3.8, 4) is 5.75 Å². The van der Waals surface area contributed by atoms with Crippen molar-refractivity contribution in [3.05, 3.63) is 25.0 Å². The molecule has 0 fully saturated rings. The van der Waals surface area contributed by atoms with Crippen LogP contribution in [0.4, 0.5) is 0 Å². The maximum atomic E-state index is 9.76. The van der Waals surface area contributed by atoms with E-state index in [1.807, 2.05) is 6.92 Å². The minimum absolute atomic E-state index is 0. The summed E-state index contributed by atoms with van der Waals surface area (Å²) in [5, 5.41) is 19.5. The Kier molecular flexibility index (Phi) is 7.59. The minimum atomic E-state index is -0.645. The molecular weight excluding hydrogens is 441 g/mol. The first-order valence-corrected chi connectivity index (χ1v) is 7.08. The van der Waals surface area contributed by atoms with Gasteiger partial charge in [-0.05, 0) is 44.3 Å². The first-order chi connectivity index (χ1) is 7.40. The van der Waals surface area contributed by atoms with E-state index in [0.29, 0.717) is 20.9 Å². The molecule has 0 aliphatic rings. The second-order valence-corrected chi connectivity index (χ2v) is 5.92. The van der Waals surface area contributed by atoms with Gasteiger partial charge in [-0.3, -0.25) is 0 Å². The van der Waals surface area contributed by atoms with Crippen LogP contribution in [0, 0.1) is 0 Å². The number of aliphatic hydroxyl groups is 1. The Hall–Kier alpha value is 0.670. The van der Waals surface area contributed by atoms with Crippen LogP contribution in [0.5, 0.6) is 5.75 Å². The molecule has 1 aromatic rings. The fraction of sp³-hybridized carbons (Fsp3) is 0.400. The van der Waals surface area contributed by atoms with Crippen LogP contribution in [-0.2, 0) is 0 Å². The summed E-state index contributed by atoms with van der Waals surface area (Å²) >= 11 is 9.87. The highest BCUT2D eigenvalue weighted by atomic mass is 79.9. The number of aliphatic hydroxyl groups excluding tert-OH is 1. The molecule has 7 heteroatoms. The first kappa shape index (κ1) is 17.7. The van der Waals surface area contributed by atoms with Crippen molar-refractivity contribution in [3.63, 3.8) is 0 Å². The Balaban J connectivity index is 0.00000256. The largest absolute Gasteiger partial charge is 0.506 e. The van der Waals surface area contributed by atoms with Gasteiger partial charge in [-0.2, -0.15) is 0 Å². The molecule has 0 saturated carbocycles. The zero-order chi connectivity index (χ0) is 12.5. The molecule has 0 aliphatic carbocycles. The second kappa shape index (κ2) is 7.31. The van der Waals surface area contributed by atoms with Crippen LogP contribution in [-0.4, -0.2) is 16.3 Å². The molecule has 0 amide bonds. The van der Waals surface area contributed by atoms with E-state index in [4.69, 9.17) is 5.73 Å². The quantitative estimate of drug-likeness (QED) is 0.650. The van der Waals surface area contributed by atoms with E-state index in [1.165, 1.54) is 0 Å². The third-order valence-corrected chi connectivity index (χ3v) is 4.41. The fourth-order valence-electron chi connectivity index (χ4n) is 1.35. The lowest BCUT2D eigenvalue weighted by atomic mass is 10.0. The summed E-state index contributed by atoms with van der Waals surface area (Å²) in [5.41, 5.74) is 6.60. The van der Waals surface area contributed by atoms with Crippen LogP contribution in [0.25, 0.3) is 0 Å². The Morgan fingerprint density at radius 2 is 1.82 bits per heavy atom. The summed E-state index contributed by atoms with van der Waals surface area (Å²) in [6.45, 7) is 1.85. The van der Waals surface area contributed by atoms with E-state index in [2.05, 4.69) is 47.8 Å². The van der Waals surface area contributed by atoms with Crippen LogP contribution in [0.1, 0.15) is 24.9 Å². The van der Waals surface area contributed by atoms with E-state index in [1.54, 1.807) is 6.07 Å². The molecule has 0 unspecified atom stereocenters. The molecular formula is C10H13Br3ClNO2. The normalized spacial score (nSPS) is 14.0. The van der Waals surface area contributed by atoms with Gasteiger partial charge >= 0.3 is 0 Å². The molecule has 0 radical (unpaired) electrons. The highest BCUT2D eigenvalue weighted by Gasteiger charge is 2.23. The summed E-state index contributed by atoms with van der Waals surface area (Å²) in [6, 6.07) is 1.16. The van der Waals surface area contributed by atoms with Crippen LogP contribution in [0.3, 0.4) is 0 Å². The molecule has 0 spiro atoms. The summed E-state index contributed by atoms with van der Waals surface area (Å²) in [7, 11) is 0. The number of phenolic OH excluding ortho intramolecular Hbond substituents is 1. The standard InChI is InChI=1S/C10H12Br3NO2.ClH/c1-2-6(15)9(14)7-4(11)3-5(12)10(16)8(7)13;/h3,6,9,15-16H,2,14H2,1H3;1H/t6-,9-;/m0./s1. The third-order valence-electron chi connectivity index (χ3n) is 2.35. The highest BCUT2D eigenvalue weighted by Crippen LogP contribution is 2.42. The van der Waals surface area contributed by atoms with Gasteiger partial charge in [-0.25, -0.2) is 0 Å². The molecule has 0 heterocycles. The summed E-state index contributed by atoms with van der Waals surface area (Å²) in [6.07, 6.45) is -0.0928. The van der Waals surface area contributed by atoms with Crippen LogP contribution < -0.4 is 5.73 Å². The molecule has 98 valence electrons. The molecule has 0 saturated heterocycles. The Bertz CT molecular complexity index is 404. The van der Waals surface area contributed by atoms with Crippen molar-refractivity contribution < 1.29 is 10.2 Å². The molecule has 0 aliphatic heterocycles. The van der Waals surface area contributed by atoms with Crippen LogP contribution in [0.2, 0.25) is 0 Å². The van der Waals surface area contributed by atoms with Gasteiger partial charge in [-0.15, -0.1) is 12.4 Å². The Labute approximate surface area is 132 Å². The number of nitrogens with two attached hydrogens (primary N) is 1. The molecule has 2 atom stereocenters. The SMILES string of the molecule is CC[C@H](O)[C@H](N)c1c(Br)cc(Br)c(O)c1Br.Cl. The van der Waals surface area contributed by atoms with Gasteiger partial charge in [0.25, 0.3) is 0 Å². The van der Waals surface area contributed by atoms with Crippen molar-refractivity contribution in [1.29, 1.82) is 0 Å². The average molecular weight is 454 g/mol. The van der Waals surface area contributed by atoms with Crippen LogP contribution in [0.15, 0.2) is 19.5 Å². The van der Waals surface area contributed by atoms with E-state index < -0.39 is 12.1 Å². The van der Waals surface area contributed by atoms with Gasteiger partial charge in [0.15, 0.2) is 0 Å².